The fourth-order valence-corrected chi connectivity index (χ4v) is 1.17. The molecule has 0 radical (unpaired) electrons. The van der Waals surface area contributed by atoms with E-state index in [-0.39, 0.29) is 5.91 Å². The van der Waals surface area contributed by atoms with E-state index < -0.39 is 0 Å². The monoisotopic (exact) mass is 194 g/mol. The van der Waals surface area contributed by atoms with Crippen LogP contribution in [0.4, 0.5) is 5.69 Å². The zero-order valence-electron chi connectivity index (χ0n) is 8.33. The molecule has 0 spiro atoms. The van der Waals surface area contributed by atoms with Gasteiger partial charge < -0.3 is 15.8 Å². The summed E-state index contributed by atoms with van der Waals surface area (Å²) in [5.74, 6) is -0.138. The van der Waals surface area contributed by atoms with Gasteiger partial charge in [0, 0.05) is 31.0 Å². The normalized spacial score (nSPS) is 9.86. The van der Waals surface area contributed by atoms with E-state index in [4.69, 9.17) is 10.5 Å². The van der Waals surface area contributed by atoms with E-state index in [9.17, 15) is 4.79 Å². The summed E-state index contributed by atoms with van der Waals surface area (Å²) in [6, 6.07) is 5.17. The molecule has 0 fully saturated rings. The van der Waals surface area contributed by atoms with Gasteiger partial charge in [0.15, 0.2) is 0 Å². The van der Waals surface area contributed by atoms with Gasteiger partial charge in [-0.05, 0) is 12.1 Å². The second kappa shape index (κ2) is 4.62. The fourth-order valence-electron chi connectivity index (χ4n) is 1.17. The molecule has 4 nitrogen and oxygen atoms in total. The minimum atomic E-state index is -0.138. The molecule has 0 saturated heterocycles. The molecule has 0 saturated carbocycles. The van der Waals surface area contributed by atoms with Crippen LogP contribution in [-0.2, 0) is 11.3 Å². The third-order valence-corrected chi connectivity index (χ3v) is 1.93. The molecule has 0 aliphatic carbocycles. The van der Waals surface area contributed by atoms with Crippen molar-refractivity contribution < 1.29 is 9.53 Å². The predicted molar refractivity (Wildman–Crippen MR) is 55.0 cm³/mol. The lowest BCUT2D eigenvalue weighted by Crippen LogP contribution is -2.18. The standard InChI is InChI=1S/C10H14N2O2/c1-12-10(13)7-3-4-8(6-14-2)9(11)5-7/h3-5H,6,11H2,1-2H3,(H,12,13). The van der Waals surface area contributed by atoms with Crippen LogP contribution in [-0.4, -0.2) is 20.1 Å². The quantitative estimate of drug-likeness (QED) is 0.699. The van der Waals surface area contributed by atoms with Crippen molar-refractivity contribution in [2.75, 3.05) is 19.9 Å². The van der Waals surface area contributed by atoms with Crippen LogP contribution < -0.4 is 11.1 Å². The number of benzene rings is 1. The van der Waals surface area contributed by atoms with E-state index in [1.54, 1.807) is 32.4 Å². The molecule has 0 aliphatic heterocycles. The van der Waals surface area contributed by atoms with Gasteiger partial charge in [0.05, 0.1) is 6.61 Å². The first-order valence-electron chi connectivity index (χ1n) is 4.28. The van der Waals surface area contributed by atoms with Crippen molar-refractivity contribution in [1.29, 1.82) is 0 Å². The molecular weight excluding hydrogens is 180 g/mol. The van der Waals surface area contributed by atoms with Gasteiger partial charge in [0.25, 0.3) is 5.91 Å². The Morgan fingerprint density at radius 1 is 1.57 bits per heavy atom. The van der Waals surface area contributed by atoms with Crippen molar-refractivity contribution >= 4 is 11.6 Å². The summed E-state index contributed by atoms with van der Waals surface area (Å²) in [4.78, 5) is 11.2. The molecule has 0 atom stereocenters. The Morgan fingerprint density at radius 2 is 2.29 bits per heavy atom. The zero-order valence-corrected chi connectivity index (χ0v) is 8.33. The summed E-state index contributed by atoms with van der Waals surface area (Å²) in [5.41, 5.74) is 7.77. The third-order valence-electron chi connectivity index (χ3n) is 1.93. The van der Waals surface area contributed by atoms with Crippen LogP contribution in [0.25, 0.3) is 0 Å². The number of carbonyl (C=O) groups is 1. The highest BCUT2D eigenvalue weighted by Crippen LogP contribution is 2.14. The molecule has 3 N–H and O–H groups in total. The number of hydrogen-bond acceptors (Lipinski definition) is 3. The minimum Gasteiger partial charge on any atom is -0.398 e. The van der Waals surface area contributed by atoms with Crippen LogP contribution in [0.3, 0.4) is 0 Å². The van der Waals surface area contributed by atoms with Crippen LogP contribution in [0.1, 0.15) is 15.9 Å². The van der Waals surface area contributed by atoms with Crippen LogP contribution in [0.15, 0.2) is 18.2 Å². The van der Waals surface area contributed by atoms with Gasteiger partial charge in [0.2, 0.25) is 0 Å². The molecule has 14 heavy (non-hydrogen) atoms. The number of ether oxygens (including phenoxy) is 1. The van der Waals surface area contributed by atoms with Crippen LogP contribution >= 0.6 is 0 Å². The number of rotatable bonds is 3. The largest absolute Gasteiger partial charge is 0.398 e. The number of methoxy groups -OCH3 is 1. The van der Waals surface area contributed by atoms with Gasteiger partial charge in [-0.2, -0.15) is 0 Å². The molecule has 0 aliphatic rings. The predicted octanol–water partition coefficient (Wildman–Crippen LogP) is 0.775. The summed E-state index contributed by atoms with van der Waals surface area (Å²) in [6.45, 7) is 0.458. The van der Waals surface area contributed by atoms with Crippen molar-refractivity contribution in [3.63, 3.8) is 0 Å². The average Bonchev–Trinajstić information content (AvgIpc) is 2.20. The first-order valence-corrected chi connectivity index (χ1v) is 4.28. The van der Waals surface area contributed by atoms with Crippen molar-refractivity contribution in [2.45, 2.75) is 6.61 Å². The number of carbonyl (C=O) groups excluding carboxylic acids is 1. The lowest BCUT2D eigenvalue weighted by molar-refractivity contribution is 0.0963. The van der Waals surface area contributed by atoms with E-state index in [0.717, 1.165) is 5.56 Å². The third kappa shape index (κ3) is 2.23. The lowest BCUT2D eigenvalue weighted by atomic mass is 10.1. The molecular formula is C10H14N2O2. The summed E-state index contributed by atoms with van der Waals surface area (Å²) < 4.78 is 4.95. The second-order valence-corrected chi connectivity index (χ2v) is 2.93. The highest BCUT2D eigenvalue weighted by molar-refractivity contribution is 5.95. The highest BCUT2D eigenvalue weighted by atomic mass is 16.5. The van der Waals surface area contributed by atoms with Gasteiger partial charge in [-0.3, -0.25) is 4.79 Å². The van der Waals surface area contributed by atoms with Crippen LogP contribution in [0.2, 0.25) is 0 Å². The van der Waals surface area contributed by atoms with E-state index in [1.807, 2.05) is 0 Å². The van der Waals surface area contributed by atoms with E-state index in [1.165, 1.54) is 0 Å². The van der Waals surface area contributed by atoms with Crippen LogP contribution in [0.5, 0.6) is 0 Å². The maximum atomic E-state index is 11.2. The second-order valence-electron chi connectivity index (χ2n) is 2.93. The number of amides is 1. The summed E-state index contributed by atoms with van der Waals surface area (Å²) in [5, 5.41) is 2.53. The Kier molecular flexibility index (Phi) is 3.48. The molecule has 1 aromatic rings. The topological polar surface area (TPSA) is 64.3 Å². The summed E-state index contributed by atoms with van der Waals surface area (Å²) in [6.07, 6.45) is 0. The number of nitrogens with one attached hydrogen (secondary N) is 1. The number of nitrogen functional groups attached to an aromatic ring is 1. The number of hydrogen-bond donors (Lipinski definition) is 2. The maximum absolute atomic E-state index is 11.2. The molecule has 0 heterocycles. The Morgan fingerprint density at radius 3 is 2.79 bits per heavy atom. The SMILES string of the molecule is CNC(=O)c1ccc(COC)c(N)c1. The molecule has 4 heteroatoms. The molecule has 0 unspecified atom stereocenters. The zero-order chi connectivity index (χ0) is 10.6. The van der Waals surface area contributed by atoms with Gasteiger partial charge >= 0.3 is 0 Å². The van der Waals surface area contributed by atoms with Gasteiger partial charge in [0.1, 0.15) is 0 Å². The lowest BCUT2D eigenvalue weighted by Gasteiger charge is -2.06. The minimum absolute atomic E-state index is 0.138. The maximum Gasteiger partial charge on any atom is 0.251 e. The fraction of sp³-hybridized carbons (Fsp3) is 0.300. The van der Waals surface area contributed by atoms with E-state index in [0.29, 0.717) is 17.9 Å². The first kappa shape index (κ1) is 10.5. The van der Waals surface area contributed by atoms with Gasteiger partial charge in [-0.15, -0.1) is 0 Å². The number of nitrogens with two attached hydrogens (primary N) is 1. The van der Waals surface area contributed by atoms with Crippen molar-refractivity contribution in [1.82, 2.24) is 5.32 Å². The summed E-state index contributed by atoms with van der Waals surface area (Å²) in [7, 11) is 3.19. The Bertz CT molecular complexity index is 337. The molecule has 1 rings (SSSR count). The molecule has 0 aromatic heterocycles. The van der Waals surface area contributed by atoms with Crippen LogP contribution in [0, 0.1) is 0 Å². The molecule has 76 valence electrons. The smallest absolute Gasteiger partial charge is 0.251 e. The molecule has 1 aromatic carbocycles. The van der Waals surface area contributed by atoms with E-state index >= 15 is 0 Å². The molecule has 1 amide bonds. The Labute approximate surface area is 83.1 Å². The average molecular weight is 194 g/mol. The molecule has 0 bridgehead atoms. The van der Waals surface area contributed by atoms with Gasteiger partial charge in [-0.1, -0.05) is 6.07 Å². The van der Waals surface area contributed by atoms with Crippen molar-refractivity contribution in [3.8, 4) is 0 Å². The van der Waals surface area contributed by atoms with Gasteiger partial charge in [-0.25, -0.2) is 0 Å². The first-order chi connectivity index (χ1) is 6.69. The van der Waals surface area contributed by atoms with Crippen molar-refractivity contribution in [3.05, 3.63) is 29.3 Å². The number of anilines is 1. The van der Waals surface area contributed by atoms with Crippen molar-refractivity contribution in [2.24, 2.45) is 0 Å². The summed E-state index contributed by atoms with van der Waals surface area (Å²) >= 11 is 0. The van der Waals surface area contributed by atoms with E-state index in [2.05, 4.69) is 5.32 Å². The highest BCUT2D eigenvalue weighted by Gasteiger charge is 2.05. The Hall–Kier alpha value is -1.55. The Balaban J connectivity index is 2.94.